The maximum absolute atomic E-state index is 8.94. The van der Waals surface area contributed by atoms with E-state index in [4.69, 9.17) is 5.11 Å². The van der Waals surface area contributed by atoms with Crippen molar-refractivity contribution in [2.45, 2.75) is 45.1 Å². The van der Waals surface area contributed by atoms with Gasteiger partial charge in [-0.3, -0.25) is 0 Å². The molecule has 100 valence electrons. The third kappa shape index (κ3) is 3.12. The van der Waals surface area contributed by atoms with Gasteiger partial charge in [0.05, 0.1) is 0 Å². The van der Waals surface area contributed by atoms with Crippen LogP contribution in [0.2, 0.25) is 0 Å². The summed E-state index contributed by atoms with van der Waals surface area (Å²) >= 11 is 0. The van der Waals surface area contributed by atoms with E-state index in [2.05, 4.69) is 43.4 Å². The lowest BCUT2D eigenvalue weighted by Gasteiger charge is -2.31. The summed E-state index contributed by atoms with van der Waals surface area (Å²) in [7, 11) is 0. The zero-order chi connectivity index (χ0) is 13.0. The molecule has 3 unspecified atom stereocenters. The molecule has 0 radical (unpaired) electrons. The molecule has 1 aliphatic rings. The fraction of sp³-hybridized carbons (Fsp3) is 0.625. The van der Waals surface area contributed by atoms with Crippen molar-refractivity contribution in [3.8, 4) is 0 Å². The van der Waals surface area contributed by atoms with Gasteiger partial charge in [-0.2, -0.15) is 0 Å². The summed E-state index contributed by atoms with van der Waals surface area (Å²) in [4.78, 5) is 0. The Kier molecular flexibility index (Phi) is 4.79. The summed E-state index contributed by atoms with van der Waals surface area (Å²) in [5, 5.41) is 12.6. The highest BCUT2D eigenvalue weighted by atomic mass is 16.3. The predicted molar refractivity (Wildman–Crippen MR) is 75.7 cm³/mol. The van der Waals surface area contributed by atoms with Crippen LogP contribution in [0.3, 0.4) is 0 Å². The second-order valence-electron chi connectivity index (χ2n) is 5.69. The minimum Gasteiger partial charge on any atom is -0.396 e. The molecular formula is C16H25NO. The molecule has 0 aromatic heterocycles. The summed E-state index contributed by atoms with van der Waals surface area (Å²) < 4.78 is 0. The number of rotatable bonds is 5. The number of aliphatic hydroxyl groups is 1. The lowest BCUT2D eigenvalue weighted by molar-refractivity contribution is 0.256. The normalized spacial score (nSPS) is 24.6. The zero-order valence-corrected chi connectivity index (χ0v) is 11.5. The summed E-state index contributed by atoms with van der Waals surface area (Å²) in [6.45, 7) is 5.80. The van der Waals surface area contributed by atoms with Crippen LogP contribution >= 0.6 is 0 Å². The summed E-state index contributed by atoms with van der Waals surface area (Å²) in [6, 6.07) is 9.32. The molecule has 0 spiro atoms. The van der Waals surface area contributed by atoms with Gasteiger partial charge in [0, 0.05) is 12.6 Å². The first kappa shape index (κ1) is 13.6. The standard InChI is InChI=1S/C16H25NO/c1-12(9-10-18)11-17-16-8-7-13(2)14-5-3-4-6-15(14)16/h3-6,12-13,16-18H,7-11H2,1-2H3. The van der Waals surface area contributed by atoms with Crippen LogP contribution in [0.1, 0.15) is 56.2 Å². The molecule has 0 aliphatic heterocycles. The van der Waals surface area contributed by atoms with Crippen molar-refractivity contribution in [2.75, 3.05) is 13.2 Å². The van der Waals surface area contributed by atoms with E-state index in [1.807, 2.05) is 0 Å². The van der Waals surface area contributed by atoms with Crippen LogP contribution in [0.25, 0.3) is 0 Å². The third-order valence-corrected chi connectivity index (χ3v) is 4.13. The Morgan fingerprint density at radius 3 is 2.72 bits per heavy atom. The third-order valence-electron chi connectivity index (χ3n) is 4.13. The van der Waals surface area contributed by atoms with Crippen LogP contribution < -0.4 is 5.32 Å². The van der Waals surface area contributed by atoms with Gasteiger partial charge in [-0.25, -0.2) is 0 Å². The van der Waals surface area contributed by atoms with Crippen LogP contribution in [0.4, 0.5) is 0 Å². The van der Waals surface area contributed by atoms with Crippen molar-refractivity contribution in [3.05, 3.63) is 35.4 Å². The first-order valence-electron chi connectivity index (χ1n) is 7.15. The van der Waals surface area contributed by atoms with Crippen molar-refractivity contribution < 1.29 is 5.11 Å². The van der Waals surface area contributed by atoms with Gasteiger partial charge in [-0.1, -0.05) is 38.1 Å². The van der Waals surface area contributed by atoms with Crippen molar-refractivity contribution in [1.82, 2.24) is 5.32 Å². The monoisotopic (exact) mass is 247 g/mol. The van der Waals surface area contributed by atoms with E-state index in [0.29, 0.717) is 24.5 Å². The van der Waals surface area contributed by atoms with E-state index in [1.54, 1.807) is 0 Å². The number of aliphatic hydroxyl groups excluding tert-OH is 1. The molecule has 3 atom stereocenters. The van der Waals surface area contributed by atoms with Gasteiger partial charge in [0.2, 0.25) is 0 Å². The maximum Gasteiger partial charge on any atom is 0.0434 e. The van der Waals surface area contributed by atoms with Gasteiger partial charge in [0.15, 0.2) is 0 Å². The number of fused-ring (bicyclic) bond motifs is 1. The van der Waals surface area contributed by atoms with Crippen molar-refractivity contribution in [3.63, 3.8) is 0 Å². The Morgan fingerprint density at radius 2 is 2.00 bits per heavy atom. The quantitative estimate of drug-likeness (QED) is 0.837. The van der Waals surface area contributed by atoms with Crippen LogP contribution in [0.15, 0.2) is 24.3 Å². The predicted octanol–water partition coefficient (Wildman–Crippen LogP) is 3.23. The molecule has 0 bridgehead atoms. The molecule has 0 amide bonds. The summed E-state index contributed by atoms with van der Waals surface area (Å²) in [5.74, 6) is 1.23. The minimum atomic E-state index is 0.293. The first-order chi connectivity index (χ1) is 8.72. The molecule has 18 heavy (non-hydrogen) atoms. The fourth-order valence-corrected chi connectivity index (χ4v) is 2.88. The second-order valence-corrected chi connectivity index (χ2v) is 5.69. The number of benzene rings is 1. The average Bonchev–Trinajstić information content (AvgIpc) is 2.39. The molecule has 2 heteroatoms. The Labute approximate surface area is 110 Å². The molecule has 0 saturated heterocycles. The highest BCUT2D eigenvalue weighted by Gasteiger charge is 2.23. The van der Waals surface area contributed by atoms with Gasteiger partial charge in [0.1, 0.15) is 0 Å². The van der Waals surface area contributed by atoms with Gasteiger partial charge in [0.25, 0.3) is 0 Å². The molecule has 2 N–H and O–H groups in total. The average molecular weight is 247 g/mol. The number of nitrogens with one attached hydrogen (secondary N) is 1. The molecule has 1 aliphatic carbocycles. The van der Waals surface area contributed by atoms with E-state index in [0.717, 1.165) is 13.0 Å². The van der Waals surface area contributed by atoms with Gasteiger partial charge < -0.3 is 10.4 Å². The zero-order valence-electron chi connectivity index (χ0n) is 11.5. The van der Waals surface area contributed by atoms with Crippen LogP contribution in [0, 0.1) is 5.92 Å². The van der Waals surface area contributed by atoms with Crippen LogP contribution in [-0.4, -0.2) is 18.3 Å². The molecule has 1 aromatic rings. The van der Waals surface area contributed by atoms with E-state index >= 15 is 0 Å². The number of hydrogen-bond donors (Lipinski definition) is 2. The minimum absolute atomic E-state index is 0.293. The Balaban J connectivity index is 2.00. The highest BCUT2D eigenvalue weighted by Crippen LogP contribution is 2.36. The fourth-order valence-electron chi connectivity index (χ4n) is 2.88. The lowest BCUT2D eigenvalue weighted by atomic mass is 9.81. The first-order valence-corrected chi connectivity index (χ1v) is 7.15. The molecule has 0 fully saturated rings. The van der Waals surface area contributed by atoms with Crippen LogP contribution in [-0.2, 0) is 0 Å². The van der Waals surface area contributed by atoms with E-state index in [-0.39, 0.29) is 0 Å². The molecule has 0 heterocycles. The van der Waals surface area contributed by atoms with Crippen molar-refractivity contribution >= 4 is 0 Å². The Hall–Kier alpha value is -0.860. The van der Waals surface area contributed by atoms with E-state index < -0.39 is 0 Å². The van der Waals surface area contributed by atoms with E-state index in [9.17, 15) is 0 Å². The molecule has 1 aromatic carbocycles. The van der Waals surface area contributed by atoms with Gasteiger partial charge in [-0.15, -0.1) is 0 Å². The topological polar surface area (TPSA) is 32.3 Å². The smallest absolute Gasteiger partial charge is 0.0434 e. The highest BCUT2D eigenvalue weighted by molar-refractivity contribution is 5.34. The van der Waals surface area contributed by atoms with Gasteiger partial charge in [-0.05, 0) is 48.8 Å². The Bertz CT molecular complexity index is 377. The molecular weight excluding hydrogens is 222 g/mol. The molecule has 2 nitrogen and oxygen atoms in total. The molecule has 0 saturated carbocycles. The maximum atomic E-state index is 8.94. The second kappa shape index (κ2) is 6.35. The molecule has 2 rings (SSSR count). The Morgan fingerprint density at radius 1 is 1.28 bits per heavy atom. The van der Waals surface area contributed by atoms with Crippen molar-refractivity contribution in [2.24, 2.45) is 5.92 Å². The largest absolute Gasteiger partial charge is 0.396 e. The van der Waals surface area contributed by atoms with E-state index in [1.165, 1.54) is 24.0 Å². The van der Waals surface area contributed by atoms with Crippen LogP contribution in [0.5, 0.6) is 0 Å². The lowest BCUT2D eigenvalue weighted by Crippen LogP contribution is -2.30. The summed E-state index contributed by atoms with van der Waals surface area (Å²) in [6.07, 6.45) is 3.38. The number of hydrogen-bond acceptors (Lipinski definition) is 2. The summed E-state index contributed by atoms with van der Waals surface area (Å²) in [5.41, 5.74) is 2.99. The van der Waals surface area contributed by atoms with Gasteiger partial charge >= 0.3 is 0 Å². The van der Waals surface area contributed by atoms with Crippen molar-refractivity contribution in [1.29, 1.82) is 0 Å². The SMILES string of the molecule is CC(CCO)CNC1CCC(C)c2ccccc21.